The molecule has 1 heterocycles. The van der Waals surface area contributed by atoms with Gasteiger partial charge in [0.25, 0.3) is 0 Å². The van der Waals surface area contributed by atoms with Crippen LogP contribution in [0.15, 0.2) is 24.3 Å². The van der Waals surface area contributed by atoms with Crippen LogP contribution >= 0.6 is 23.5 Å². The van der Waals surface area contributed by atoms with Gasteiger partial charge in [-0.2, -0.15) is 11.8 Å². The number of nitrogens with one attached hydrogen (secondary N) is 1. The summed E-state index contributed by atoms with van der Waals surface area (Å²) < 4.78 is 5.33. The number of carbonyl (C=O) groups excluding carboxylic acids is 1. The lowest BCUT2D eigenvalue weighted by Gasteiger charge is -2.23. The van der Waals surface area contributed by atoms with Crippen molar-refractivity contribution in [2.45, 2.75) is 18.2 Å². The highest BCUT2D eigenvalue weighted by molar-refractivity contribution is 8.07. The molecule has 1 aliphatic rings. The second-order valence-electron chi connectivity index (χ2n) is 4.41. The minimum atomic E-state index is -0.0313. The highest BCUT2D eigenvalue weighted by atomic mass is 32.2. The zero-order chi connectivity index (χ0) is 13.7. The van der Waals surface area contributed by atoms with Crippen LogP contribution in [0.2, 0.25) is 0 Å². The molecule has 1 amide bonds. The van der Waals surface area contributed by atoms with Gasteiger partial charge in [-0.15, -0.1) is 11.8 Å². The standard InChI is InChI=1S/C14H19NO2S2/c1-10(11-5-3-4-6-12(11)17-2)15-14(16)13-9-18-7-8-19-13/h3-6,10,13H,7-9H2,1-2H3,(H,15,16). The van der Waals surface area contributed by atoms with Gasteiger partial charge in [-0.3, -0.25) is 4.79 Å². The maximum absolute atomic E-state index is 12.2. The average Bonchev–Trinajstić information content (AvgIpc) is 2.48. The highest BCUT2D eigenvalue weighted by Gasteiger charge is 2.24. The Bertz CT molecular complexity index is 433. The zero-order valence-electron chi connectivity index (χ0n) is 11.2. The number of ether oxygens (including phenoxy) is 1. The number of benzene rings is 1. The molecule has 1 aliphatic heterocycles. The lowest BCUT2D eigenvalue weighted by Crippen LogP contribution is -2.37. The monoisotopic (exact) mass is 297 g/mol. The zero-order valence-corrected chi connectivity index (χ0v) is 12.9. The van der Waals surface area contributed by atoms with Crippen LogP contribution in [0, 0.1) is 0 Å². The van der Waals surface area contributed by atoms with Gasteiger partial charge in [0.15, 0.2) is 0 Å². The second kappa shape index (κ2) is 7.10. The molecule has 3 nitrogen and oxygen atoms in total. The first-order valence-corrected chi connectivity index (χ1v) is 8.55. The summed E-state index contributed by atoms with van der Waals surface area (Å²) in [6.45, 7) is 2.00. The molecule has 0 aliphatic carbocycles. The first kappa shape index (κ1) is 14.6. The molecule has 2 atom stereocenters. The number of thioether (sulfide) groups is 2. The minimum Gasteiger partial charge on any atom is -0.496 e. The maximum Gasteiger partial charge on any atom is 0.234 e. The van der Waals surface area contributed by atoms with Gasteiger partial charge in [0.2, 0.25) is 5.91 Å². The van der Waals surface area contributed by atoms with Gasteiger partial charge in [-0.1, -0.05) is 18.2 Å². The number of hydrogen-bond acceptors (Lipinski definition) is 4. The van der Waals surface area contributed by atoms with E-state index in [9.17, 15) is 4.79 Å². The number of methoxy groups -OCH3 is 1. The summed E-state index contributed by atoms with van der Waals surface area (Å²) in [4.78, 5) is 12.2. The molecular weight excluding hydrogens is 278 g/mol. The molecule has 0 spiro atoms. The Morgan fingerprint density at radius 2 is 2.21 bits per heavy atom. The number of para-hydroxylation sites is 1. The Morgan fingerprint density at radius 1 is 1.42 bits per heavy atom. The van der Waals surface area contributed by atoms with Gasteiger partial charge in [0, 0.05) is 22.8 Å². The SMILES string of the molecule is COc1ccccc1C(C)NC(=O)C1CSCCS1. The summed E-state index contributed by atoms with van der Waals surface area (Å²) in [6, 6.07) is 7.78. The van der Waals surface area contributed by atoms with Crippen LogP contribution in [-0.2, 0) is 4.79 Å². The van der Waals surface area contributed by atoms with Crippen molar-refractivity contribution in [2.75, 3.05) is 24.4 Å². The molecule has 5 heteroatoms. The molecule has 0 radical (unpaired) electrons. The molecule has 104 valence electrons. The van der Waals surface area contributed by atoms with Crippen molar-refractivity contribution >= 4 is 29.4 Å². The number of carbonyl (C=O) groups is 1. The Kier molecular flexibility index (Phi) is 5.45. The second-order valence-corrected chi connectivity index (χ2v) is 6.87. The molecule has 0 aromatic heterocycles. The van der Waals surface area contributed by atoms with Crippen LogP contribution in [-0.4, -0.2) is 35.5 Å². The lowest BCUT2D eigenvalue weighted by atomic mass is 10.1. The first-order valence-electron chi connectivity index (χ1n) is 6.35. The van der Waals surface area contributed by atoms with Crippen LogP contribution in [0.5, 0.6) is 5.75 Å². The minimum absolute atomic E-state index is 0.0313. The van der Waals surface area contributed by atoms with Crippen LogP contribution in [0.1, 0.15) is 18.5 Å². The third kappa shape index (κ3) is 3.83. The Hall–Kier alpha value is -0.810. The fourth-order valence-electron chi connectivity index (χ4n) is 2.05. The Morgan fingerprint density at radius 3 is 2.89 bits per heavy atom. The van der Waals surface area contributed by atoms with E-state index in [-0.39, 0.29) is 17.2 Å². The molecule has 19 heavy (non-hydrogen) atoms. The normalized spacial score (nSPS) is 20.6. The van der Waals surface area contributed by atoms with E-state index in [1.807, 2.05) is 43.0 Å². The highest BCUT2D eigenvalue weighted by Crippen LogP contribution is 2.27. The summed E-state index contributed by atoms with van der Waals surface area (Å²) in [5.41, 5.74) is 1.02. The molecule has 2 rings (SSSR count). The van der Waals surface area contributed by atoms with Gasteiger partial charge >= 0.3 is 0 Å². The Labute approximate surface area is 122 Å². The maximum atomic E-state index is 12.2. The molecule has 1 fully saturated rings. The quantitative estimate of drug-likeness (QED) is 0.927. The van der Waals surface area contributed by atoms with E-state index in [1.54, 1.807) is 18.9 Å². The summed E-state index contributed by atoms with van der Waals surface area (Å²) in [7, 11) is 1.65. The van der Waals surface area contributed by atoms with Gasteiger partial charge in [0.05, 0.1) is 18.4 Å². The van der Waals surface area contributed by atoms with Gasteiger partial charge in [-0.25, -0.2) is 0 Å². The van der Waals surface area contributed by atoms with Crippen LogP contribution < -0.4 is 10.1 Å². The van der Waals surface area contributed by atoms with E-state index in [4.69, 9.17) is 4.74 Å². The van der Waals surface area contributed by atoms with Crippen molar-refractivity contribution in [3.63, 3.8) is 0 Å². The molecule has 1 saturated heterocycles. The van der Waals surface area contributed by atoms with E-state index in [1.165, 1.54) is 0 Å². The largest absolute Gasteiger partial charge is 0.496 e. The summed E-state index contributed by atoms with van der Waals surface area (Å²) >= 11 is 3.61. The van der Waals surface area contributed by atoms with Crippen LogP contribution in [0.4, 0.5) is 0 Å². The van der Waals surface area contributed by atoms with Gasteiger partial charge in [0.1, 0.15) is 5.75 Å². The topological polar surface area (TPSA) is 38.3 Å². The van der Waals surface area contributed by atoms with Gasteiger partial charge < -0.3 is 10.1 Å². The number of hydrogen-bond donors (Lipinski definition) is 1. The predicted octanol–water partition coefficient (Wildman–Crippen LogP) is 2.72. The molecule has 0 saturated carbocycles. The van der Waals surface area contributed by atoms with E-state index in [0.29, 0.717) is 0 Å². The van der Waals surface area contributed by atoms with Crippen LogP contribution in [0.25, 0.3) is 0 Å². The lowest BCUT2D eigenvalue weighted by molar-refractivity contribution is -0.120. The molecule has 1 N–H and O–H groups in total. The fourth-order valence-corrected chi connectivity index (χ4v) is 4.61. The molecule has 1 aromatic carbocycles. The third-order valence-electron chi connectivity index (χ3n) is 3.07. The molecule has 2 unspecified atom stereocenters. The number of rotatable bonds is 4. The van der Waals surface area contributed by atoms with Crippen LogP contribution in [0.3, 0.4) is 0 Å². The van der Waals surface area contributed by atoms with E-state index in [0.717, 1.165) is 28.6 Å². The van der Waals surface area contributed by atoms with E-state index in [2.05, 4.69) is 5.32 Å². The third-order valence-corrected chi connectivity index (χ3v) is 5.83. The predicted molar refractivity (Wildman–Crippen MR) is 83.1 cm³/mol. The smallest absolute Gasteiger partial charge is 0.234 e. The summed E-state index contributed by atoms with van der Waals surface area (Å²) in [5.74, 6) is 4.08. The molecule has 0 bridgehead atoms. The van der Waals surface area contributed by atoms with Crippen molar-refractivity contribution in [1.82, 2.24) is 5.32 Å². The van der Waals surface area contributed by atoms with Gasteiger partial charge in [-0.05, 0) is 13.0 Å². The van der Waals surface area contributed by atoms with Crippen molar-refractivity contribution in [1.29, 1.82) is 0 Å². The fraction of sp³-hybridized carbons (Fsp3) is 0.500. The van der Waals surface area contributed by atoms with Crippen molar-refractivity contribution in [3.8, 4) is 5.75 Å². The first-order chi connectivity index (χ1) is 9.22. The molecule has 1 aromatic rings. The van der Waals surface area contributed by atoms with Crippen molar-refractivity contribution in [3.05, 3.63) is 29.8 Å². The number of amides is 1. The summed E-state index contributed by atoms with van der Waals surface area (Å²) in [5, 5.41) is 3.17. The summed E-state index contributed by atoms with van der Waals surface area (Å²) in [6.07, 6.45) is 0. The van der Waals surface area contributed by atoms with E-state index >= 15 is 0 Å². The van der Waals surface area contributed by atoms with Crippen molar-refractivity contribution in [2.24, 2.45) is 0 Å². The molecular formula is C14H19NO2S2. The van der Waals surface area contributed by atoms with Crippen molar-refractivity contribution < 1.29 is 9.53 Å². The average molecular weight is 297 g/mol. The van der Waals surface area contributed by atoms with E-state index < -0.39 is 0 Å². The Balaban J connectivity index is 1.99.